The highest BCUT2D eigenvalue weighted by atomic mass is 35.5. The second kappa shape index (κ2) is 4.01. The van der Waals surface area contributed by atoms with Crippen LogP contribution in [0.15, 0.2) is 12.1 Å². The fourth-order valence-corrected chi connectivity index (χ4v) is 1.10. The van der Waals surface area contributed by atoms with Crippen molar-refractivity contribution in [3.8, 4) is 5.75 Å². The lowest BCUT2D eigenvalue weighted by Gasteiger charge is -2.11. The van der Waals surface area contributed by atoms with E-state index in [2.05, 4.69) is 6.07 Å². The van der Waals surface area contributed by atoms with Gasteiger partial charge in [-0.3, -0.25) is 0 Å². The molecule has 0 aliphatic rings. The van der Waals surface area contributed by atoms with E-state index in [0.717, 1.165) is 0 Å². The van der Waals surface area contributed by atoms with Crippen molar-refractivity contribution in [1.82, 2.24) is 0 Å². The highest BCUT2D eigenvalue weighted by Gasteiger charge is 2.06. The number of benzene rings is 1. The molecule has 0 heterocycles. The summed E-state index contributed by atoms with van der Waals surface area (Å²) in [5, 5.41) is 0.822. The molecule has 1 aromatic carbocycles. The lowest BCUT2D eigenvalue weighted by molar-refractivity contribution is 0.242. The van der Waals surface area contributed by atoms with E-state index in [4.69, 9.17) is 27.9 Å². The van der Waals surface area contributed by atoms with Gasteiger partial charge >= 0.3 is 0 Å². The van der Waals surface area contributed by atoms with Crippen LogP contribution in [-0.4, -0.2) is 6.10 Å². The molecule has 1 aromatic rings. The number of halogens is 2. The molecule has 0 aromatic heterocycles. The van der Waals surface area contributed by atoms with Crippen molar-refractivity contribution in [1.29, 1.82) is 0 Å². The van der Waals surface area contributed by atoms with Crippen molar-refractivity contribution in [2.24, 2.45) is 0 Å². The van der Waals surface area contributed by atoms with Gasteiger partial charge in [-0.2, -0.15) is 0 Å². The SMILES string of the molecule is CC(C)Oc1cc[c]c(Cl)c1Cl. The molecule has 0 saturated carbocycles. The fraction of sp³-hybridized carbons (Fsp3) is 0.333. The Morgan fingerprint density at radius 3 is 2.67 bits per heavy atom. The molecular weight excluding hydrogens is 195 g/mol. The van der Waals surface area contributed by atoms with Crippen molar-refractivity contribution in [3.63, 3.8) is 0 Å². The maximum absolute atomic E-state index is 5.85. The first kappa shape index (κ1) is 9.69. The van der Waals surface area contributed by atoms with Crippen LogP contribution in [0.5, 0.6) is 5.75 Å². The van der Waals surface area contributed by atoms with Crippen LogP contribution in [0, 0.1) is 6.07 Å². The molecule has 0 unspecified atom stereocenters. The summed E-state index contributed by atoms with van der Waals surface area (Å²) in [6.07, 6.45) is 0.0981. The maximum atomic E-state index is 5.85. The molecule has 0 aliphatic carbocycles. The first-order chi connectivity index (χ1) is 5.61. The average Bonchev–Trinajstić information content (AvgIpc) is 1.98. The third-order valence-corrected chi connectivity index (χ3v) is 1.99. The smallest absolute Gasteiger partial charge is 0.139 e. The Hall–Kier alpha value is -0.400. The minimum absolute atomic E-state index is 0.0981. The topological polar surface area (TPSA) is 9.23 Å². The largest absolute Gasteiger partial charge is 0.489 e. The Kier molecular flexibility index (Phi) is 3.24. The van der Waals surface area contributed by atoms with Gasteiger partial charge in [0.05, 0.1) is 11.1 Å². The van der Waals surface area contributed by atoms with Crippen LogP contribution < -0.4 is 4.74 Å². The minimum Gasteiger partial charge on any atom is -0.489 e. The van der Waals surface area contributed by atoms with Crippen molar-refractivity contribution >= 4 is 23.2 Å². The molecule has 1 radical (unpaired) electrons. The maximum Gasteiger partial charge on any atom is 0.139 e. The molecule has 1 nitrogen and oxygen atoms in total. The highest BCUT2D eigenvalue weighted by molar-refractivity contribution is 6.42. The zero-order chi connectivity index (χ0) is 9.14. The first-order valence-electron chi connectivity index (χ1n) is 3.63. The van der Waals surface area contributed by atoms with Crippen molar-refractivity contribution in [2.45, 2.75) is 20.0 Å². The number of ether oxygens (including phenoxy) is 1. The Labute approximate surface area is 82.2 Å². The molecule has 0 spiro atoms. The van der Waals surface area contributed by atoms with Gasteiger partial charge in [0.1, 0.15) is 10.8 Å². The monoisotopic (exact) mass is 203 g/mol. The van der Waals surface area contributed by atoms with Crippen molar-refractivity contribution in [2.75, 3.05) is 0 Å². The zero-order valence-electron chi connectivity index (χ0n) is 6.90. The predicted octanol–water partition coefficient (Wildman–Crippen LogP) is 3.58. The van der Waals surface area contributed by atoms with E-state index in [9.17, 15) is 0 Å². The highest BCUT2D eigenvalue weighted by Crippen LogP contribution is 2.31. The van der Waals surface area contributed by atoms with Crippen LogP contribution in [0.2, 0.25) is 10.0 Å². The summed E-state index contributed by atoms with van der Waals surface area (Å²) >= 11 is 11.6. The van der Waals surface area contributed by atoms with Crippen LogP contribution >= 0.6 is 23.2 Å². The lowest BCUT2D eigenvalue weighted by Crippen LogP contribution is -2.05. The van der Waals surface area contributed by atoms with Crippen molar-refractivity contribution in [3.05, 3.63) is 28.2 Å². The van der Waals surface area contributed by atoms with Gasteiger partial charge in [-0.1, -0.05) is 23.2 Å². The van der Waals surface area contributed by atoms with Gasteiger partial charge in [-0.05, 0) is 26.0 Å². The van der Waals surface area contributed by atoms with Gasteiger partial charge in [0, 0.05) is 6.07 Å². The molecule has 12 heavy (non-hydrogen) atoms. The number of rotatable bonds is 2. The molecule has 3 heteroatoms. The molecule has 0 saturated heterocycles. The Bertz CT molecular complexity index is 271. The standard InChI is InChI=1S/C9H9Cl2O/c1-6(2)12-8-5-3-4-7(10)9(8)11/h3,5-6H,1-2H3. The molecular formula is C9H9Cl2O. The van der Waals surface area contributed by atoms with Gasteiger partial charge in [-0.15, -0.1) is 0 Å². The Morgan fingerprint density at radius 2 is 2.08 bits per heavy atom. The van der Waals surface area contributed by atoms with E-state index in [0.29, 0.717) is 15.8 Å². The number of hydrogen-bond donors (Lipinski definition) is 0. The minimum atomic E-state index is 0.0981. The van der Waals surface area contributed by atoms with E-state index >= 15 is 0 Å². The fourth-order valence-electron chi connectivity index (χ4n) is 0.780. The summed E-state index contributed by atoms with van der Waals surface area (Å²) in [7, 11) is 0. The van der Waals surface area contributed by atoms with Crippen LogP contribution in [0.1, 0.15) is 13.8 Å². The van der Waals surface area contributed by atoms with E-state index in [1.54, 1.807) is 12.1 Å². The molecule has 0 bridgehead atoms. The average molecular weight is 204 g/mol. The zero-order valence-corrected chi connectivity index (χ0v) is 8.41. The summed E-state index contributed by atoms with van der Waals surface area (Å²) in [6.45, 7) is 3.86. The van der Waals surface area contributed by atoms with Gasteiger partial charge < -0.3 is 4.74 Å². The van der Waals surface area contributed by atoms with Gasteiger partial charge in [0.25, 0.3) is 0 Å². The summed E-state index contributed by atoms with van der Waals surface area (Å²) in [5.74, 6) is 0.607. The second-order valence-corrected chi connectivity index (χ2v) is 3.39. The van der Waals surface area contributed by atoms with Crippen LogP contribution in [0.4, 0.5) is 0 Å². The van der Waals surface area contributed by atoms with Gasteiger partial charge in [0.2, 0.25) is 0 Å². The molecule has 0 aliphatic heterocycles. The Morgan fingerprint density at radius 1 is 1.42 bits per heavy atom. The van der Waals surface area contributed by atoms with Crippen LogP contribution in [0.25, 0.3) is 0 Å². The molecule has 0 N–H and O–H groups in total. The Balaban J connectivity index is 2.92. The van der Waals surface area contributed by atoms with Crippen LogP contribution in [-0.2, 0) is 0 Å². The van der Waals surface area contributed by atoms with Gasteiger partial charge in [-0.25, -0.2) is 0 Å². The third-order valence-electron chi connectivity index (χ3n) is 1.22. The van der Waals surface area contributed by atoms with E-state index in [1.165, 1.54) is 0 Å². The molecule has 65 valence electrons. The van der Waals surface area contributed by atoms with E-state index in [1.807, 2.05) is 13.8 Å². The van der Waals surface area contributed by atoms with E-state index < -0.39 is 0 Å². The summed E-state index contributed by atoms with van der Waals surface area (Å²) in [5.41, 5.74) is 0. The quantitative estimate of drug-likeness (QED) is 0.715. The first-order valence-corrected chi connectivity index (χ1v) is 4.39. The molecule has 0 fully saturated rings. The lowest BCUT2D eigenvalue weighted by atomic mass is 10.3. The predicted molar refractivity (Wildman–Crippen MR) is 51.1 cm³/mol. The normalized spacial score (nSPS) is 10.4. The molecule has 0 atom stereocenters. The molecule has 1 rings (SSSR count). The van der Waals surface area contributed by atoms with Crippen LogP contribution in [0.3, 0.4) is 0 Å². The van der Waals surface area contributed by atoms with Gasteiger partial charge in [0.15, 0.2) is 0 Å². The van der Waals surface area contributed by atoms with E-state index in [-0.39, 0.29) is 6.10 Å². The summed E-state index contributed by atoms with van der Waals surface area (Å²) in [4.78, 5) is 0. The summed E-state index contributed by atoms with van der Waals surface area (Å²) in [6, 6.07) is 6.20. The third kappa shape index (κ3) is 2.29. The summed E-state index contributed by atoms with van der Waals surface area (Å²) < 4.78 is 5.39. The second-order valence-electron chi connectivity index (χ2n) is 2.64. The van der Waals surface area contributed by atoms with Crippen molar-refractivity contribution < 1.29 is 4.74 Å². The molecule has 0 amide bonds. The number of hydrogen-bond acceptors (Lipinski definition) is 1.